The summed E-state index contributed by atoms with van der Waals surface area (Å²) in [7, 11) is 0. The van der Waals surface area contributed by atoms with Crippen LogP contribution < -0.4 is 11.1 Å². The SMILES string of the molecule is CC(C)(CCO)NC(=O)/C=C/c1ccc(C(N)=O)cc1. The van der Waals surface area contributed by atoms with Crippen LogP contribution in [0.3, 0.4) is 0 Å². The Morgan fingerprint density at radius 2 is 1.90 bits per heavy atom. The summed E-state index contributed by atoms with van der Waals surface area (Å²) < 4.78 is 0. The van der Waals surface area contributed by atoms with Gasteiger partial charge in [0.2, 0.25) is 11.8 Å². The van der Waals surface area contributed by atoms with E-state index in [9.17, 15) is 9.59 Å². The molecule has 0 heterocycles. The highest BCUT2D eigenvalue weighted by Crippen LogP contribution is 2.08. The van der Waals surface area contributed by atoms with Crippen LogP contribution in [0.15, 0.2) is 30.3 Å². The fraction of sp³-hybridized carbons (Fsp3) is 0.333. The first-order valence-electron chi connectivity index (χ1n) is 6.35. The molecular weight excluding hydrogens is 256 g/mol. The van der Waals surface area contributed by atoms with Crippen molar-refractivity contribution in [1.82, 2.24) is 5.32 Å². The lowest BCUT2D eigenvalue weighted by Gasteiger charge is -2.24. The Bertz CT molecular complexity index is 504. The second kappa shape index (κ2) is 6.86. The van der Waals surface area contributed by atoms with Crippen LogP contribution in [0, 0.1) is 0 Å². The molecule has 4 N–H and O–H groups in total. The number of benzene rings is 1. The Morgan fingerprint density at radius 1 is 1.30 bits per heavy atom. The van der Waals surface area contributed by atoms with Gasteiger partial charge in [-0.25, -0.2) is 0 Å². The highest BCUT2D eigenvalue weighted by Gasteiger charge is 2.17. The Hall–Kier alpha value is -2.14. The molecule has 1 aromatic rings. The Morgan fingerprint density at radius 3 is 2.40 bits per heavy atom. The summed E-state index contributed by atoms with van der Waals surface area (Å²) in [6, 6.07) is 6.64. The van der Waals surface area contributed by atoms with Crippen molar-refractivity contribution in [3.63, 3.8) is 0 Å². The minimum absolute atomic E-state index is 0.0194. The second-order valence-corrected chi connectivity index (χ2v) is 5.17. The van der Waals surface area contributed by atoms with E-state index in [1.54, 1.807) is 30.3 Å². The quantitative estimate of drug-likeness (QED) is 0.679. The third kappa shape index (κ3) is 5.24. The fourth-order valence-corrected chi connectivity index (χ4v) is 1.65. The molecule has 0 fully saturated rings. The minimum atomic E-state index is -0.482. The van der Waals surface area contributed by atoms with Crippen LogP contribution in [-0.2, 0) is 4.79 Å². The average Bonchev–Trinajstić information content (AvgIpc) is 2.36. The maximum absolute atomic E-state index is 11.7. The summed E-state index contributed by atoms with van der Waals surface area (Å²) in [6.45, 7) is 3.71. The van der Waals surface area contributed by atoms with Crippen LogP contribution in [0.4, 0.5) is 0 Å². The number of aliphatic hydroxyl groups excluding tert-OH is 1. The fourth-order valence-electron chi connectivity index (χ4n) is 1.65. The monoisotopic (exact) mass is 276 g/mol. The van der Waals surface area contributed by atoms with Crippen LogP contribution in [0.2, 0.25) is 0 Å². The molecule has 0 aliphatic heterocycles. The molecular formula is C15H20N2O3. The summed E-state index contributed by atoms with van der Waals surface area (Å²) in [5, 5.41) is 11.7. The van der Waals surface area contributed by atoms with E-state index >= 15 is 0 Å². The second-order valence-electron chi connectivity index (χ2n) is 5.17. The van der Waals surface area contributed by atoms with E-state index in [1.165, 1.54) is 6.08 Å². The molecule has 0 atom stereocenters. The van der Waals surface area contributed by atoms with Crippen molar-refractivity contribution in [3.8, 4) is 0 Å². The molecule has 5 heteroatoms. The number of carbonyl (C=O) groups excluding carboxylic acids is 2. The van der Waals surface area contributed by atoms with Gasteiger partial charge in [0.1, 0.15) is 0 Å². The number of aliphatic hydroxyl groups is 1. The highest BCUT2D eigenvalue weighted by molar-refractivity contribution is 5.94. The van der Waals surface area contributed by atoms with Crippen LogP contribution in [0.1, 0.15) is 36.2 Å². The molecule has 0 aliphatic rings. The van der Waals surface area contributed by atoms with E-state index in [1.807, 2.05) is 13.8 Å². The van der Waals surface area contributed by atoms with E-state index in [0.717, 1.165) is 5.56 Å². The van der Waals surface area contributed by atoms with Gasteiger partial charge >= 0.3 is 0 Å². The molecule has 0 aliphatic carbocycles. The summed E-state index contributed by atoms with van der Waals surface area (Å²) >= 11 is 0. The van der Waals surface area contributed by atoms with Gasteiger partial charge in [-0.15, -0.1) is 0 Å². The lowest BCUT2D eigenvalue weighted by atomic mass is 10.0. The molecule has 1 aromatic carbocycles. The van der Waals surface area contributed by atoms with Gasteiger partial charge in [-0.05, 0) is 44.0 Å². The number of amides is 2. The van der Waals surface area contributed by atoms with E-state index < -0.39 is 11.4 Å². The first kappa shape index (κ1) is 15.9. The maximum atomic E-state index is 11.7. The molecule has 2 amide bonds. The molecule has 0 radical (unpaired) electrons. The van der Waals surface area contributed by atoms with E-state index in [-0.39, 0.29) is 12.5 Å². The topological polar surface area (TPSA) is 92.4 Å². The standard InChI is InChI=1S/C15H20N2O3/c1-15(2,9-10-18)17-13(19)8-5-11-3-6-12(7-4-11)14(16)20/h3-8,18H,9-10H2,1-2H3,(H2,16,20)(H,17,19)/b8-5+. The summed E-state index contributed by atoms with van der Waals surface area (Å²) in [6.07, 6.45) is 3.55. The average molecular weight is 276 g/mol. The third-order valence-corrected chi connectivity index (χ3v) is 2.82. The smallest absolute Gasteiger partial charge is 0.248 e. The van der Waals surface area contributed by atoms with Crippen LogP contribution in [0.5, 0.6) is 0 Å². The van der Waals surface area contributed by atoms with Gasteiger partial charge in [-0.2, -0.15) is 0 Å². The van der Waals surface area contributed by atoms with Crippen molar-refractivity contribution in [2.45, 2.75) is 25.8 Å². The molecule has 20 heavy (non-hydrogen) atoms. The third-order valence-electron chi connectivity index (χ3n) is 2.82. The predicted molar refractivity (Wildman–Crippen MR) is 77.9 cm³/mol. The van der Waals surface area contributed by atoms with Gasteiger partial charge < -0.3 is 16.2 Å². The van der Waals surface area contributed by atoms with Crippen LogP contribution in [-0.4, -0.2) is 29.1 Å². The molecule has 0 bridgehead atoms. The first-order chi connectivity index (χ1) is 9.34. The lowest BCUT2D eigenvalue weighted by molar-refractivity contribution is -0.118. The van der Waals surface area contributed by atoms with Crippen molar-refractivity contribution in [1.29, 1.82) is 0 Å². The van der Waals surface area contributed by atoms with Gasteiger partial charge in [0, 0.05) is 23.8 Å². The number of primary amides is 1. The normalized spacial score (nSPS) is 11.6. The van der Waals surface area contributed by atoms with Gasteiger partial charge in [-0.3, -0.25) is 9.59 Å². The molecule has 0 aromatic heterocycles. The Labute approximate surface area is 118 Å². The summed E-state index contributed by atoms with van der Waals surface area (Å²) in [5.41, 5.74) is 5.91. The zero-order chi connectivity index (χ0) is 15.2. The van der Waals surface area contributed by atoms with Crippen molar-refractivity contribution < 1.29 is 14.7 Å². The molecule has 0 saturated carbocycles. The predicted octanol–water partition coefficient (Wildman–Crippen LogP) is 1.08. The molecule has 0 unspecified atom stereocenters. The summed E-state index contributed by atoms with van der Waals surface area (Å²) in [4.78, 5) is 22.6. The first-order valence-corrected chi connectivity index (χ1v) is 6.35. The number of nitrogens with two attached hydrogens (primary N) is 1. The van der Waals surface area contributed by atoms with Gasteiger partial charge in [0.15, 0.2) is 0 Å². The minimum Gasteiger partial charge on any atom is -0.396 e. The van der Waals surface area contributed by atoms with Crippen LogP contribution in [0.25, 0.3) is 6.08 Å². The van der Waals surface area contributed by atoms with Crippen molar-refractivity contribution in [2.75, 3.05) is 6.61 Å². The molecule has 1 rings (SSSR count). The number of carbonyl (C=O) groups is 2. The highest BCUT2D eigenvalue weighted by atomic mass is 16.3. The van der Waals surface area contributed by atoms with Crippen molar-refractivity contribution in [3.05, 3.63) is 41.5 Å². The van der Waals surface area contributed by atoms with Crippen molar-refractivity contribution in [2.24, 2.45) is 5.73 Å². The number of rotatable bonds is 6. The zero-order valence-corrected chi connectivity index (χ0v) is 11.7. The lowest BCUT2D eigenvalue weighted by Crippen LogP contribution is -2.43. The Kier molecular flexibility index (Phi) is 5.46. The van der Waals surface area contributed by atoms with Crippen molar-refractivity contribution >= 4 is 17.9 Å². The molecule has 5 nitrogen and oxygen atoms in total. The Balaban J connectivity index is 2.63. The van der Waals surface area contributed by atoms with Crippen LogP contribution >= 0.6 is 0 Å². The van der Waals surface area contributed by atoms with E-state index in [4.69, 9.17) is 10.8 Å². The van der Waals surface area contributed by atoms with E-state index in [2.05, 4.69) is 5.32 Å². The molecule has 0 saturated heterocycles. The number of hydrogen-bond acceptors (Lipinski definition) is 3. The number of hydrogen-bond donors (Lipinski definition) is 3. The van der Waals surface area contributed by atoms with Gasteiger partial charge in [0.25, 0.3) is 0 Å². The van der Waals surface area contributed by atoms with E-state index in [0.29, 0.717) is 12.0 Å². The maximum Gasteiger partial charge on any atom is 0.248 e. The van der Waals surface area contributed by atoms with Gasteiger partial charge in [0.05, 0.1) is 0 Å². The van der Waals surface area contributed by atoms with Gasteiger partial charge in [-0.1, -0.05) is 12.1 Å². The molecule has 0 spiro atoms. The zero-order valence-electron chi connectivity index (χ0n) is 11.7. The number of nitrogens with one attached hydrogen (secondary N) is 1. The molecule has 108 valence electrons. The summed E-state index contributed by atoms with van der Waals surface area (Å²) in [5.74, 6) is -0.716. The largest absolute Gasteiger partial charge is 0.396 e.